The van der Waals surface area contributed by atoms with Crippen LogP contribution in [-0.2, 0) is 16.0 Å². The van der Waals surface area contributed by atoms with E-state index in [1.807, 2.05) is 6.07 Å². The van der Waals surface area contributed by atoms with Crippen LogP contribution < -0.4 is 5.32 Å². The van der Waals surface area contributed by atoms with Crippen molar-refractivity contribution in [1.82, 2.24) is 10.2 Å². The molecule has 4 fully saturated rings. The summed E-state index contributed by atoms with van der Waals surface area (Å²) in [4.78, 5) is 14.4. The molecule has 0 aromatic heterocycles. The van der Waals surface area contributed by atoms with E-state index < -0.39 is 11.8 Å². The second-order valence-corrected chi connectivity index (χ2v) is 7.16. The SMILES string of the molecule is COC(=O)N[C@@]12C[C@H]3C[C@@H]([C@H](C)O1)[C@H]2N(Cc1ccccc1)C3. The third-order valence-electron chi connectivity index (χ3n) is 5.69. The number of nitrogens with one attached hydrogen (secondary N) is 1. The van der Waals surface area contributed by atoms with Crippen molar-refractivity contribution >= 4 is 6.09 Å². The number of carbonyl (C=O) groups excluding carboxylic acids is 1. The quantitative estimate of drug-likeness (QED) is 0.930. The van der Waals surface area contributed by atoms with Gasteiger partial charge in [-0.05, 0) is 24.8 Å². The molecule has 1 amide bonds. The topological polar surface area (TPSA) is 50.8 Å². The smallest absolute Gasteiger partial charge is 0.409 e. The minimum atomic E-state index is -0.590. The van der Waals surface area contributed by atoms with Crippen LogP contribution in [0, 0.1) is 11.8 Å². The van der Waals surface area contributed by atoms with E-state index in [1.165, 1.54) is 19.1 Å². The van der Waals surface area contributed by atoms with Gasteiger partial charge in [0.25, 0.3) is 0 Å². The molecule has 4 bridgehead atoms. The van der Waals surface area contributed by atoms with Crippen molar-refractivity contribution in [1.29, 1.82) is 0 Å². The van der Waals surface area contributed by atoms with Crippen molar-refractivity contribution in [3.63, 3.8) is 0 Å². The average Bonchev–Trinajstić information content (AvgIpc) is 2.74. The van der Waals surface area contributed by atoms with Crippen LogP contribution in [0.1, 0.15) is 25.3 Å². The largest absolute Gasteiger partial charge is 0.453 e. The fourth-order valence-electron chi connectivity index (χ4n) is 4.99. The molecular weight excluding hydrogens is 292 g/mol. The molecule has 3 saturated heterocycles. The molecule has 5 rings (SSSR count). The first-order chi connectivity index (χ1) is 11.1. The maximum absolute atomic E-state index is 11.9. The number of fused-ring (bicyclic) bond motifs is 1. The summed E-state index contributed by atoms with van der Waals surface area (Å²) >= 11 is 0. The zero-order chi connectivity index (χ0) is 16.0. The Hall–Kier alpha value is -1.59. The molecule has 1 aliphatic carbocycles. The summed E-state index contributed by atoms with van der Waals surface area (Å²) < 4.78 is 11.1. The lowest BCUT2D eigenvalue weighted by molar-refractivity contribution is -0.131. The molecule has 124 valence electrons. The van der Waals surface area contributed by atoms with Crippen molar-refractivity contribution in [2.24, 2.45) is 11.8 Å². The van der Waals surface area contributed by atoms with Gasteiger partial charge in [0.15, 0.2) is 5.72 Å². The highest BCUT2D eigenvalue weighted by atomic mass is 16.6. The number of hydrogen-bond donors (Lipinski definition) is 1. The van der Waals surface area contributed by atoms with Crippen molar-refractivity contribution in [3.8, 4) is 0 Å². The van der Waals surface area contributed by atoms with Crippen LogP contribution in [0.4, 0.5) is 4.79 Å². The van der Waals surface area contributed by atoms with Crippen molar-refractivity contribution < 1.29 is 14.3 Å². The molecule has 3 heterocycles. The van der Waals surface area contributed by atoms with Crippen LogP contribution in [0.15, 0.2) is 30.3 Å². The highest BCUT2D eigenvalue weighted by Gasteiger charge is 2.64. The van der Waals surface area contributed by atoms with E-state index in [-0.39, 0.29) is 12.1 Å². The van der Waals surface area contributed by atoms with Crippen LogP contribution in [0.3, 0.4) is 0 Å². The highest BCUT2D eigenvalue weighted by molar-refractivity contribution is 5.68. The first kappa shape index (κ1) is 15.0. The van der Waals surface area contributed by atoms with E-state index in [2.05, 4.69) is 41.4 Å². The van der Waals surface area contributed by atoms with E-state index >= 15 is 0 Å². The van der Waals surface area contributed by atoms with Gasteiger partial charge in [-0.15, -0.1) is 0 Å². The molecule has 1 N–H and O–H groups in total. The van der Waals surface area contributed by atoms with Gasteiger partial charge in [-0.3, -0.25) is 10.2 Å². The Morgan fingerprint density at radius 3 is 2.96 bits per heavy atom. The third-order valence-corrected chi connectivity index (χ3v) is 5.69. The zero-order valence-corrected chi connectivity index (χ0v) is 13.7. The van der Waals surface area contributed by atoms with E-state index in [0.29, 0.717) is 11.8 Å². The number of methoxy groups -OCH3 is 1. The third kappa shape index (κ3) is 2.42. The molecule has 0 unspecified atom stereocenters. The van der Waals surface area contributed by atoms with E-state index in [0.717, 1.165) is 19.5 Å². The van der Waals surface area contributed by atoms with Crippen molar-refractivity contribution in [2.45, 2.75) is 44.2 Å². The standard InChI is InChI=1S/C18H24N2O3/c1-12-15-8-14-9-18(23-12,19-17(21)22-2)16(15)20(11-14)10-13-6-4-3-5-7-13/h3-7,12,14-16H,8-11H2,1-2H3,(H,19,21)/t12-,14+,15-,16+,18-/m0/s1. The van der Waals surface area contributed by atoms with Gasteiger partial charge in [0, 0.05) is 25.4 Å². The Bertz CT molecular complexity index is 589. The summed E-state index contributed by atoms with van der Waals surface area (Å²) in [5, 5.41) is 3.03. The fraction of sp³-hybridized carbons (Fsp3) is 0.611. The lowest BCUT2D eigenvalue weighted by Gasteiger charge is -2.54. The monoisotopic (exact) mass is 316 g/mol. The van der Waals surface area contributed by atoms with Gasteiger partial charge in [0.2, 0.25) is 0 Å². The van der Waals surface area contributed by atoms with Gasteiger partial charge in [-0.1, -0.05) is 30.3 Å². The summed E-state index contributed by atoms with van der Waals surface area (Å²) in [6.07, 6.45) is 1.85. The predicted molar refractivity (Wildman–Crippen MR) is 85.7 cm³/mol. The molecule has 5 atom stereocenters. The molecule has 1 saturated carbocycles. The molecular formula is C18H24N2O3. The van der Waals surface area contributed by atoms with E-state index in [1.54, 1.807) is 0 Å². The lowest BCUT2D eigenvalue weighted by Crippen LogP contribution is -2.69. The number of ether oxygens (including phenoxy) is 2. The highest BCUT2D eigenvalue weighted by Crippen LogP contribution is 2.53. The van der Waals surface area contributed by atoms with Gasteiger partial charge in [0.1, 0.15) is 0 Å². The second kappa shape index (κ2) is 5.49. The Balaban J connectivity index is 1.62. The number of alkyl carbamates (subject to hydrolysis) is 1. The molecule has 5 nitrogen and oxygen atoms in total. The first-order valence-corrected chi connectivity index (χ1v) is 8.43. The van der Waals surface area contributed by atoms with E-state index in [4.69, 9.17) is 9.47 Å². The molecule has 23 heavy (non-hydrogen) atoms. The predicted octanol–water partition coefficient (Wildman–Crippen LogP) is 2.37. The summed E-state index contributed by atoms with van der Waals surface area (Å²) in [5.74, 6) is 1.04. The number of benzene rings is 1. The number of nitrogens with zero attached hydrogens (tertiary/aromatic N) is 1. The zero-order valence-electron chi connectivity index (χ0n) is 13.7. The first-order valence-electron chi connectivity index (χ1n) is 8.43. The average molecular weight is 316 g/mol. The minimum absolute atomic E-state index is 0.167. The molecule has 0 radical (unpaired) electrons. The maximum Gasteiger partial charge on any atom is 0.409 e. The molecule has 1 aromatic carbocycles. The van der Waals surface area contributed by atoms with Crippen molar-refractivity contribution in [2.75, 3.05) is 13.7 Å². The molecule has 4 aliphatic rings. The van der Waals surface area contributed by atoms with Gasteiger partial charge >= 0.3 is 6.09 Å². The van der Waals surface area contributed by atoms with Gasteiger partial charge in [-0.25, -0.2) is 4.79 Å². The van der Waals surface area contributed by atoms with Crippen LogP contribution in [0.25, 0.3) is 0 Å². The Kier molecular flexibility index (Phi) is 3.58. The Labute approximate surface area is 136 Å². The van der Waals surface area contributed by atoms with Crippen LogP contribution in [0.5, 0.6) is 0 Å². The number of rotatable bonds is 3. The normalized spacial score (nSPS) is 38.5. The summed E-state index contributed by atoms with van der Waals surface area (Å²) in [5.41, 5.74) is 0.716. The second-order valence-electron chi connectivity index (χ2n) is 7.16. The van der Waals surface area contributed by atoms with Crippen LogP contribution in [0.2, 0.25) is 0 Å². The summed E-state index contributed by atoms with van der Waals surface area (Å²) in [6, 6.07) is 10.7. The maximum atomic E-state index is 11.9. The molecule has 1 aromatic rings. The number of hydrogen-bond acceptors (Lipinski definition) is 4. The number of piperidine rings is 2. The summed E-state index contributed by atoms with van der Waals surface area (Å²) in [6.45, 7) is 4.11. The van der Waals surface area contributed by atoms with Crippen LogP contribution >= 0.6 is 0 Å². The van der Waals surface area contributed by atoms with E-state index in [9.17, 15) is 4.79 Å². The lowest BCUT2D eigenvalue weighted by atomic mass is 9.68. The van der Waals surface area contributed by atoms with Crippen molar-refractivity contribution in [3.05, 3.63) is 35.9 Å². The summed E-state index contributed by atoms with van der Waals surface area (Å²) in [7, 11) is 1.41. The Morgan fingerprint density at radius 2 is 2.22 bits per heavy atom. The molecule has 3 aliphatic heterocycles. The molecule has 0 spiro atoms. The van der Waals surface area contributed by atoms with Crippen LogP contribution in [-0.4, -0.2) is 42.5 Å². The Morgan fingerprint density at radius 1 is 1.43 bits per heavy atom. The van der Waals surface area contributed by atoms with Gasteiger partial charge < -0.3 is 9.47 Å². The number of carbonyl (C=O) groups is 1. The van der Waals surface area contributed by atoms with Gasteiger partial charge in [0.05, 0.1) is 19.3 Å². The minimum Gasteiger partial charge on any atom is -0.453 e. The number of amides is 1. The molecule has 5 heteroatoms. The van der Waals surface area contributed by atoms with Gasteiger partial charge in [-0.2, -0.15) is 0 Å². The fourth-order valence-corrected chi connectivity index (χ4v) is 4.99.